The molecule has 0 saturated carbocycles. The normalized spacial score (nSPS) is 16.4. The smallest absolute Gasteiger partial charge is 0.356 e. The Balaban J connectivity index is 2.02. The molecule has 0 radical (unpaired) electrons. The summed E-state index contributed by atoms with van der Waals surface area (Å²) in [5.41, 5.74) is 1.29. The summed E-state index contributed by atoms with van der Waals surface area (Å²) >= 11 is 0. The number of esters is 1. The molecule has 0 bridgehead atoms. The number of aromatic nitrogens is 1. The minimum atomic E-state index is -0.429. The van der Waals surface area contributed by atoms with E-state index in [0.29, 0.717) is 5.69 Å². The minimum Gasteiger partial charge on any atom is -0.464 e. The van der Waals surface area contributed by atoms with Crippen molar-refractivity contribution in [1.82, 2.24) is 4.98 Å². The quantitative estimate of drug-likeness (QED) is 0.595. The fraction of sp³-hybridized carbons (Fsp3) is 0.462. The highest BCUT2D eigenvalue weighted by Crippen LogP contribution is 2.21. The number of anilines is 1. The number of piperidine rings is 1. The summed E-state index contributed by atoms with van der Waals surface area (Å²) in [6.07, 6.45) is 4.47. The molecule has 0 N–H and O–H groups in total. The van der Waals surface area contributed by atoms with E-state index in [1.54, 1.807) is 12.3 Å². The Labute approximate surface area is 106 Å². The third-order valence-electron chi connectivity index (χ3n) is 3.24. The topological polar surface area (TPSA) is 59.5 Å². The predicted molar refractivity (Wildman–Crippen MR) is 66.6 cm³/mol. The lowest BCUT2D eigenvalue weighted by Crippen LogP contribution is -2.34. The van der Waals surface area contributed by atoms with Gasteiger partial charge in [-0.1, -0.05) is 0 Å². The molecule has 18 heavy (non-hydrogen) atoms. The van der Waals surface area contributed by atoms with E-state index in [0.717, 1.165) is 37.9 Å². The van der Waals surface area contributed by atoms with Crippen LogP contribution in [0.15, 0.2) is 18.3 Å². The molecule has 0 spiro atoms. The average Bonchev–Trinajstić information content (AvgIpc) is 2.47. The Morgan fingerprint density at radius 2 is 2.17 bits per heavy atom. The van der Waals surface area contributed by atoms with Crippen LogP contribution in [0, 0.1) is 5.92 Å². The Hall–Kier alpha value is -1.91. The van der Waals surface area contributed by atoms with Crippen LogP contribution < -0.4 is 4.90 Å². The van der Waals surface area contributed by atoms with E-state index in [2.05, 4.69) is 14.6 Å². The van der Waals surface area contributed by atoms with Gasteiger partial charge in [-0.25, -0.2) is 9.78 Å². The zero-order chi connectivity index (χ0) is 13.0. The molecule has 5 heteroatoms. The summed E-state index contributed by atoms with van der Waals surface area (Å²) < 4.78 is 4.60. The third-order valence-corrected chi connectivity index (χ3v) is 3.24. The summed E-state index contributed by atoms with van der Waals surface area (Å²) in [7, 11) is 1.34. The van der Waals surface area contributed by atoms with Gasteiger partial charge in [0.1, 0.15) is 12.0 Å². The highest BCUT2D eigenvalue weighted by molar-refractivity contribution is 5.87. The maximum absolute atomic E-state index is 11.2. The number of methoxy groups -OCH3 is 1. The average molecular weight is 248 g/mol. The van der Waals surface area contributed by atoms with E-state index >= 15 is 0 Å². The van der Waals surface area contributed by atoms with Gasteiger partial charge in [0.15, 0.2) is 0 Å². The third kappa shape index (κ3) is 2.67. The van der Waals surface area contributed by atoms with Gasteiger partial charge < -0.3 is 14.4 Å². The second-order valence-electron chi connectivity index (χ2n) is 4.35. The van der Waals surface area contributed by atoms with Crippen LogP contribution in [0.1, 0.15) is 23.3 Å². The van der Waals surface area contributed by atoms with Gasteiger partial charge in [0.25, 0.3) is 0 Å². The first-order valence-corrected chi connectivity index (χ1v) is 5.99. The van der Waals surface area contributed by atoms with Crippen molar-refractivity contribution in [3.05, 3.63) is 24.0 Å². The highest BCUT2D eigenvalue weighted by Gasteiger charge is 2.19. The lowest BCUT2D eigenvalue weighted by Gasteiger charge is -2.31. The van der Waals surface area contributed by atoms with E-state index in [-0.39, 0.29) is 5.92 Å². The largest absolute Gasteiger partial charge is 0.464 e. The molecule has 5 nitrogen and oxygen atoms in total. The summed E-state index contributed by atoms with van der Waals surface area (Å²) in [6, 6.07) is 3.52. The molecule has 1 aliphatic heterocycles. The molecule has 0 amide bonds. The van der Waals surface area contributed by atoms with Crippen LogP contribution in [-0.4, -0.2) is 37.4 Å². The van der Waals surface area contributed by atoms with Crippen LogP contribution in [-0.2, 0) is 9.53 Å². The molecule has 0 atom stereocenters. The standard InChI is InChI=1S/C13H16N2O3/c1-18-13(17)12-3-2-11(8-14-12)15-6-4-10(9-16)5-7-15/h2-3,8-10H,4-7H2,1H3. The number of hydrogen-bond acceptors (Lipinski definition) is 5. The summed E-state index contributed by atoms with van der Waals surface area (Å²) in [5, 5.41) is 0. The summed E-state index contributed by atoms with van der Waals surface area (Å²) in [4.78, 5) is 28.2. The first kappa shape index (κ1) is 12.5. The fourth-order valence-electron chi connectivity index (χ4n) is 2.09. The van der Waals surface area contributed by atoms with Crippen LogP contribution in [0.25, 0.3) is 0 Å². The van der Waals surface area contributed by atoms with Gasteiger partial charge in [0.05, 0.1) is 19.0 Å². The van der Waals surface area contributed by atoms with Crippen molar-refractivity contribution in [2.45, 2.75) is 12.8 Å². The SMILES string of the molecule is COC(=O)c1ccc(N2CCC(C=O)CC2)cn1. The van der Waals surface area contributed by atoms with Crippen LogP contribution in [0.4, 0.5) is 5.69 Å². The van der Waals surface area contributed by atoms with Crippen molar-refractivity contribution in [2.75, 3.05) is 25.1 Å². The number of hydrogen-bond donors (Lipinski definition) is 0. The van der Waals surface area contributed by atoms with Crippen LogP contribution in [0.3, 0.4) is 0 Å². The molecule has 2 rings (SSSR count). The second kappa shape index (κ2) is 5.62. The molecule has 1 saturated heterocycles. The van der Waals surface area contributed by atoms with E-state index < -0.39 is 5.97 Å². The molecule has 2 heterocycles. The van der Waals surface area contributed by atoms with Crippen molar-refractivity contribution in [2.24, 2.45) is 5.92 Å². The van der Waals surface area contributed by atoms with Crippen molar-refractivity contribution >= 4 is 17.9 Å². The predicted octanol–water partition coefficient (Wildman–Crippen LogP) is 1.28. The zero-order valence-corrected chi connectivity index (χ0v) is 10.3. The van der Waals surface area contributed by atoms with Gasteiger partial charge in [-0.3, -0.25) is 0 Å². The maximum Gasteiger partial charge on any atom is 0.356 e. The number of pyridine rings is 1. The molecule has 0 unspecified atom stereocenters. The molecule has 1 aromatic rings. The lowest BCUT2D eigenvalue weighted by molar-refractivity contribution is -0.111. The lowest BCUT2D eigenvalue weighted by atomic mass is 9.98. The fourth-order valence-corrected chi connectivity index (χ4v) is 2.09. The van der Waals surface area contributed by atoms with E-state index in [1.807, 2.05) is 6.07 Å². The number of carbonyl (C=O) groups is 2. The molecular weight excluding hydrogens is 232 g/mol. The minimum absolute atomic E-state index is 0.184. The molecule has 1 fully saturated rings. The second-order valence-corrected chi connectivity index (χ2v) is 4.35. The van der Waals surface area contributed by atoms with E-state index in [1.165, 1.54) is 7.11 Å². The molecule has 0 aromatic carbocycles. The maximum atomic E-state index is 11.2. The van der Waals surface area contributed by atoms with Gasteiger partial charge in [-0.15, -0.1) is 0 Å². The number of rotatable bonds is 3. The van der Waals surface area contributed by atoms with Crippen molar-refractivity contribution in [3.63, 3.8) is 0 Å². The molecular formula is C13H16N2O3. The number of aldehydes is 1. The Morgan fingerprint density at radius 1 is 1.44 bits per heavy atom. The summed E-state index contributed by atoms with van der Waals surface area (Å²) in [5.74, 6) is -0.246. The van der Waals surface area contributed by atoms with Gasteiger partial charge in [0, 0.05) is 19.0 Å². The van der Waals surface area contributed by atoms with Gasteiger partial charge >= 0.3 is 5.97 Å². The Bertz CT molecular complexity index is 422. The molecule has 0 aliphatic carbocycles. The number of nitrogens with zero attached hydrogens (tertiary/aromatic N) is 2. The monoisotopic (exact) mass is 248 g/mol. The highest BCUT2D eigenvalue weighted by atomic mass is 16.5. The van der Waals surface area contributed by atoms with Crippen LogP contribution in [0.2, 0.25) is 0 Å². The number of carbonyl (C=O) groups excluding carboxylic acids is 2. The van der Waals surface area contributed by atoms with Gasteiger partial charge in [-0.05, 0) is 25.0 Å². The van der Waals surface area contributed by atoms with Crippen molar-refractivity contribution < 1.29 is 14.3 Å². The number of ether oxygens (including phenoxy) is 1. The Morgan fingerprint density at radius 3 is 2.67 bits per heavy atom. The van der Waals surface area contributed by atoms with Gasteiger partial charge in [0.2, 0.25) is 0 Å². The van der Waals surface area contributed by atoms with Crippen molar-refractivity contribution in [1.29, 1.82) is 0 Å². The van der Waals surface area contributed by atoms with Gasteiger partial charge in [-0.2, -0.15) is 0 Å². The molecule has 96 valence electrons. The van der Waals surface area contributed by atoms with Crippen molar-refractivity contribution in [3.8, 4) is 0 Å². The summed E-state index contributed by atoms with van der Waals surface area (Å²) in [6.45, 7) is 1.70. The van der Waals surface area contributed by atoms with E-state index in [9.17, 15) is 9.59 Å². The van der Waals surface area contributed by atoms with E-state index in [4.69, 9.17) is 0 Å². The zero-order valence-electron chi connectivity index (χ0n) is 10.3. The van der Waals surface area contributed by atoms with Crippen LogP contribution >= 0.6 is 0 Å². The Kier molecular flexibility index (Phi) is 3.92. The molecule has 1 aliphatic rings. The molecule has 1 aromatic heterocycles. The first-order chi connectivity index (χ1) is 8.74. The first-order valence-electron chi connectivity index (χ1n) is 5.99. The van der Waals surface area contributed by atoms with Crippen LogP contribution in [0.5, 0.6) is 0 Å².